The molecule has 1 aromatic carbocycles. The Morgan fingerprint density at radius 1 is 1.22 bits per heavy atom. The summed E-state index contributed by atoms with van der Waals surface area (Å²) in [6.07, 6.45) is 4.91. The summed E-state index contributed by atoms with van der Waals surface area (Å²) in [4.78, 5) is 15.3. The van der Waals surface area contributed by atoms with Gasteiger partial charge in [-0.1, -0.05) is 0 Å². The molecule has 8 heteroatoms. The predicted octanol–water partition coefficient (Wildman–Crippen LogP) is 3.23. The minimum absolute atomic E-state index is 0. The lowest BCUT2D eigenvalue weighted by molar-refractivity contribution is 0.355. The van der Waals surface area contributed by atoms with E-state index in [1.807, 2.05) is 17.0 Å². The Balaban J connectivity index is 0.00000210. The number of hydrogen-bond donors (Lipinski definition) is 1. The van der Waals surface area contributed by atoms with E-state index in [4.69, 9.17) is 14.5 Å². The number of halogens is 1. The first kappa shape index (κ1) is 18.7. The van der Waals surface area contributed by atoms with Gasteiger partial charge in [0.1, 0.15) is 17.4 Å². The summed E-state index contributed by atoms with van der Waals surface area (Å²) in [5, 5.41) is 10.5. The summed E-state index contributed by atoms with van der Waals surface area (Å²) < 4.78 is 10.8. The van der Waals surface area contributed by atoms with Crippen molar-refractivity contribution in [2.24, 2.45) is 9.98 Å². The molecular formula is C19H19ClN4O3. The fourth-order valence-electron chi connectivity index (χ4n) is 3.05. The molecular weight excluding hydrogens is 368 g/mol. The van der Waals surface area contributed by atoms with E-state index in [1.54, 1.807) is 44.8 Å². The van der Waals surface area contributed by atoms with Crippen molar-refractivity contribution in [1.82, 2.24) is 9.88 Å². The maximum Gasteiger partial charge on any atom is 0.162 e. The minimum atomic E-state index is 0. The number of pyridine rings is 1. The average molecular weight is 387 g/mol. The number of aliphatic hydroxyl groups excluding tert-OH is 1. The van der Waals surface area contributed by atoms with Crippen molar-refractivity contribution in [3.8, 4) is 11.5 Å². The molecule has 27 heavy (non-hydrogen) atoms. The third-order valence-electron chi connectivity index (χ3n) is 4.32. The third kappa shape index (κ3) is 3.33. The van der Waals surface area contributed by atoms with E-state index < -0.39 is 0 Å². The van der Waals surface area contributed by atoms with Crippen LogP contribution in [0.25, 0.3) is 5.76 Å². The van der Waals surface area contributed by atoms with Crippen molar-refractivity contribution in [3.05, 3.63) is 53.9 Å². The van der Waals surface area contributed by atoms with Gasteiger partial charge in [0.15, 0.2) is 11.5 Å². The second kappa shape index (κ2) is 7.67. The number of aromatic nitrogens is 1. The lowest BCUT2D eigenvalue weighted by Crippen LogP contribution is -2.36. The van der Waals surface area contributed by atoms with Crippen LogP contribution >= 0.6 is 12.4 Å². The molecule has 4 rings (SSSR count). The monoisotopic (exact) mass is 386 g/mol. The van der Waals surface area contributed by atoms with Gasteiger partial charge < -0.3 is 19.5 Å². The van der Waals surface area contributed by atoms with Crippen LogP contribution in [0, 0.1) is 0 Å². The van der Waals surface area contributed by atoms with Crippen LogP contribution in [0.1, 0.15) is 11.1 Å². The number of rotatable bonds is 4. The molecule has 1 N–H and O–H groups in total. The van der Waals surface area contributed by atoms with Crippen LogP contribution < -0.4 is 9.47 Å². The number of aliphatic imine (C=N–C) groups is 2. The van der Waals surface area contributed by atoms with Crippen molar-refractivity contribution < 1.29 is 14.6 Å². The Kier molecular flexibility index (Phi) is 5.32. The van der Waals surface area contributed by atoms with Gasteiger partial charge in [0.05, 0.1) is 26.5 Å². The van der Waals surface area contributed by atoms with Crippen LogP contribution in [-0.2, 0) is 0 Å². The molecule has 0 bridgehead atoms. The highest BCUT2D eigenvalue weighted by molar-refractivity contribution is 6.20. The second-order valence-corrected chi connectivity index (χ2v) is 5.82. The van der Waals surface area contributed by atoms with Crippen LogP contribution in [0.5, 0.6) is 11.5 Å². The Morgan fingerprint density at radius 3 is 2.70 bits per heavy atom. The molecule has 0 radical (unpaired) electrons. The maximum atomic E-state index is 10.5. The fraction of sp³-hybridized carbons (Fsp3) is 0.211. The number of benzene rings is 1. The maximum absolute atomic E-state index is 10.5. The SMILES string of the molecule is COc1cc2c(cc1OC)C1=NCCN1C(C=C(O)c1cccnc1)=N2.Cl. The van der Waals surface area contributed by atoms with Crippen LogP contribution in [0.2, 0.25) is 0 Å². The molecule has 0 aliphatic carbocycles. The van der Waals surface area contributed by atoms with Crippen LogP contribution in [0.3, 0.4) is 0 Å². The van der Waals surface area contributed by atoms with Gasteiger partial charge in [-0.15, -0.1) is 12.4 Å². The molecule has 140 valence electrons. The Hall–Kier alpha value is -3.06. The summed E-state index contributed by atoms with van der Waals surface area (Å²) in [6, 6.07) is 7.28. The predicted molar refractivity (Wildman–Crippen MR) is 107 cm³/mol. The zero-order chi connectivity index (χ0) is 18.1. The molecule has 7 nitrogen and oxygen atoms in total. The van der Waals surface area contributed by atoms with Crippen molar-refractivity contribution in [2.75, 3.05) is 27.3 Å². The van der Waals surface area contributed by atoms with E-state index >= 15 is 0 Å². The van der Waals surface area contributed by atoms with Crippen molar-refractivity contribution >= 4 is 35.5 Å². The van der Waals surface area contributed by atoms with Crippen LogP contribution in [0.15, 0.2) is 52.7 Å². The molecule has 2 aromatic rings. The average Bonchev–Trinajstić information content (AvgIpc) is 3.18. The molecule has 0 amide bonds. The first-order chi connectivity index (χ1) is 12.7. The van der Waals surface area contributed by atoms with Gasteiger partial charge in [0.25, 0.3) is 0 Å². The summed E-state index contributed by atoms with van der Waals surface area (Å²) >= 11 is 0. The van der Waals surface area contributed by atoms with Crippen LogP contribution in [0.4, 0.5) is 5.69 Å². The molecule has 2 aliphatic rings. The summed E-state index contributed by atoms with van der Waals surface area (Å²) in [7, 11) is 3.19. The number of methoxy groups -OCH3 is 2. The molecule has 0 spiro atoms. The first-order valence-corrected chi connectivity index (χ1v) is 8.19. The number of nitrogens with zero attached hydrogens (tertiary/aromatic N) is 4. The number of aliphatic hydroxyl groups is 1. The lowest BCUT2D eigenvalue weighted by Gasteiger charge is -2.26. The number of amidine groups is 2. The Labute approximate surface area is 163 Å². The highest BCUT2D eigenvalue weighted by atomic mass is 35.5. The largest absolute Gasteiger partial charge is 0.507 e. The zero-order valence-corrected chi connectivity index (χ0v) is 15.7. The third-order valence-corrected chi connectivity index (χ3v) is 4.32. The fourth-order valence-corrected chi connectivity index (χ4v) is 3.05. The summed E-state index contributed by atoms with van der Waals surface area (Å²) in [5.74, 6) is 2.78. The summed E-state index contributed by atoms with van der Waals surface area (Å²) in [6.45, 7) is 1.38. The van der Waals surface area contributed by atoms with E-state index in [0.717, 1.165) is 17.1 Å². The van der Waals surface area contributed by atoms with E-state index in [-0.39, 0.29) is 18.2 Å². The van der Waals surface area contributed by atoms with E-state index in [1.165, 1.54) is 0 Å². The minimum Gasteiger partial charge on any atom is -0.507 e. The van der Waals surface area contributed by atoms with E-state index in [9.17, 15) is 5.11 Å². The first-order valence-electron chi connectivity index (χ1n) is 8.19. The molecule has 2 aliphatic heterocycles. The Bertz CT molecular complexity index is 941. The number of hydrogen-bond acceptors (Lipinski definition) is 7. The molecule has 0 unspecified atom stereocenters. The molecule has 0 atom stereocenters. The van der Waals surface area contributed by atoms with E-state index in [0.29, 0.717) is 36.0 Å². The number of ether oxygens (including phenoxy) is 2. The van der Waals surface area contributed by atoms with Gasteiger partial charge in [0.2, 0.25) is 0 Å². The van der Waals surface area contributed by atoms with Gasteiger partial charge in [-0.05, 0) is 18.2 Å². The second-order valence-electron chi connectivity index (χ2n) is 5.82. The normalized spacial score (nSPS) is 15.2. The van der Waals surface area contributed by atoms with Gasteiger partial charge in [-0.2, -0.15) is 0 Å². The standard InChI is InChI=1S/C19H18N4O3.ClH/c1-25-16-8-13-14(9-17(16)26-2)22-18(23-7-6-21-19(13)23)10-15(24)12-4-3-5-20-11-12;/h3-5,8-11,24H,6-7H2,1-2H3;1H. The molecule has 0 saturated carbocycles. The van der Waals surface area contributed by atoms with Gasteiger partial charge in [0, 0.05) is 42.2 Å². The van der Waals surface area contributed by atoms with Crippen molar-refractivity contribution in [3.63, 3.8) is 0 Å². The van der Waals surface area contributed by atoms with Gasteiger partial charge in [-0.3, -0.25) is 9.98 Å². The highest BCUT2D eigenvalue weighted by Gasteiger charge is 2.30. The zero-order valence-electron chi connectivity index (χ0n) is 14.9. The number of fused-ring (bicyclic) bond motifs is 3. The van der Waals surface area contributed by atoms with E-state index in [2.05, 4.69) is 9.98 Å². The smallest absolute Gasteiger partial charge is 0.162 e. The van der Waals surface area contributed by atoms with Gasteiger partial charge >= 0.3 is 0 Å². The van der Waals surface area contributed by atoms with Gasteiger partial charge in [-0.25, -0.2) is 4.99 Å². The summed E-state index contributed by atoms with van der Waals surface area (Å²) in [5.41, 5.74) is 2.24. The van der Waals surface area contributed by atoms with Crippen molar-refractivity contribution in [2.45, 2.75) is 0 Å². The molecule has 1 aromatic heterocycles. The molecule has 0 saturated heterocycles. The molecule has 3 heterocycles. The van der Waals surface area contributed by atoms with Crippen LogP contribution in [-0.4, -0.2) is 54.0 Å². The quantitative estimate of drug-likeness (QED) is 0.816. The molecule has 0 fully saturated rings. The lowest BCUT2D eigenvalue weighted by atomic mass is 10.1. The van der Waals surface area contributed by atoms with Crippen molar-refractivity contribution in [1.29, 1.82) is 0 Å². The Morgan fingerprint density at radius 2 is 2.00 bits per heavy atom. The topological polar surface area (TPSA) is 79.5 Å². The highest BCUT2D eigenvalue weighted by Crippen LogP contribution is 2.38.